The van der Waals surface area contributed by atoms with Gasteiger partial charge in [0.05, 0.1) is 17.5 Å². The van der Waals surface area contributed by atoms with Crippen LogP contribution in [0.1, 0.15) is 43.1 Å². The molecule has 0 saturated heterocycles. The van der Waals surface area contributed by atoms with E-state index < -0.39 is 34.0 Å². The smallest absolute Gasteiger partial charge is 0.338 e. The quantitative estimate of drug-likeness (QED) is 0.702. The van der Waals surface area contributed by atoms with Crippen LogP contribution in [0.25, 0.3) is 0 Å². The van der Waals surface area contributed by atoms with Gasteiger partial charge < -0.3 is 10.1 Å². The normalized spacial score (nSPS) is 14.8. The van der Waals surface area contributed by atoms with Crippen LogP contribution in [0.5, 0.6) is 0 Å². The summed E-state index contributed by atoms with van der Waals surface area (Å²) in [6.07, 6.45) is 1.24. The number of nitrogens with zero attached hydrogens (tertiary/aromatic N) is 1. The minimum absolute atomic E-state index is 0.146. The average molecular weight is 411 g/mol. The van der Waals surface area contributed by atoms with Gasteiger partial charge in [-0.15, -0.1) is 0 Å². The number of urea groups is 1. The Bertz CT molecular complexity index is 881. The number of fused-ring (bicyclic) bond motifs is 1. The second-order valence-electron chi connectivity index (χ2n) is 6.95. The number of benzene rings is 1. The molecule has 2 rings (SSSR count). The van der Waals surface area contributed by atoms with Crippen LogP contribution in [0.2, 0.25) is 0 Å². The van der Waals surface area contributed by atoms with Crippen LogP contribution in [-0.4, -0.2) is 51.3 Å². The molecule has 1 atom stereocenters. The molecule has 9 nitrogen and oxygen atoms in total. The van der Waals surface area contributed by atoms with E-state index in [4.69, 9.17) is 4.74 Å². The topological polar surface area (TPSA) is 122 Å². The Morgan fingerprint density at radius 3 is 2.46 bits per heavy atom. The van der Waals surface area contributed by atoms with E-state index in [-0.39, 0.29) is 11.6 Å². The highest BCUT2D eigenvalue weighted by Crippen LogP contribution is 2.30. The fourth-order valence-corrected chi connectivity index (χ4v) is 3.82. The number of nitrogens with one attached hydrogen (secondary N) is 2. The highest BCUT2D eigenvalue weighted by molar-refractivity contribution is 7.92. The Kier molecular flexibility index (Phi) is 6.65. The molecule has 0 unspecified atom stereocenters. The molecule has 1 aliphatic heterocycles. The summed E-state index contributed by atoms with van der Waals surface area (Å²) in [6, 6.07) is 3.78. The summed E-state index contributed by atoms with van der Waals surface area (Å²) >= 11 is 0. The van der Waals surface area contributed by atoms with Crippen molar-refractivity contribution in [3.8, 4) is 0 Å². The van der Waals surface area contributed by atoms with Crippen molar-refractivity contribution in [1.29, 1.82) is 0 Å². The van der Waals surface area contributed by atoms with Crippen LogP contribution in [0.15, 0.2) is 18.2 Å². The first kappa shape index (κ1) is 21.7. The number of rotatable bonds is 5. The van der Waals surface area contributed by atoms with Crippen molar-refractivity contribution >= 4 is 33.6 Å². The lowest BCUT2D eigenvalue weighted by Crippen LogP contribution is -2.46. The van der Waals surface area contributed by atoms with Crippen molar-refractivity contribution in [2.24, 2.45) is 0 Å². The van der Waals surface area contributed by atoms with Crippen LogP contribution >= 0.6 is 0 Å². The van der Waals surface area contributed by atoms with Gasteiger partial charge in [0.25, 0.3) is 5.91 Å². The number of carbonyl (C=O) groups excluding carboxylic acids is 3. The van der Waals surface area contributed by atoms with Gasteiger partial charge in [0, 0.05) is 12.6 Å². The minimum atomic E-state index is -3.40. The minimum Gasteiger partial charge on any atom is -0.449 e. The van der Waals surface area contributed by atoms with Gasteiger partial charge in [-0.3, -0.25) is 14.4 Å². The fraction of sp³-hybridized carbons (Fsp3) is 0.500. The molecule has 0 bridgehead atoms. The number of esters is 1. The van der Waals surface area contributed by atoms with Gasteiger partial charge in [0.15, 0.2) is 6.10 Å². The predicted molar refractivity (Wildman–Crippen MR) is 104 cm³/mol. The second kappa shape index (κ2) is 8.59. The maximum absolute atomic E-state index is 12.4. The maximum Gasteiger partial charge on any atom is 0.338 e. The number of aryl methyl sites for hydroxylation is 1. The predicted octanol–water partition coefficient (Wildman–Crippen LogP) is 1.18. The molecular weight excluding hydrogens is 386 g/mol. The number of carbonyl (C=O) groups is 3. The lowest BCUT2D eigenvalue weighted by Gasteiger charge is -2.29. The van der Waals surface area contributed by atoms with E-state index in [9.17, 15) is 22.8 Å². The molecular formula is C18H25N3O6S. The molecule has 0 spiro atoms. The van der Waals surface area contributed by atoms with Crippen LogP contribution in [-0.2, 0) is 26.0 Å². The number of sulfonamides is 1. The Morgan fingerprint density at radius 2 is 1.86 bits per heavy atom. The van der Waals surface area contributed by atoms with Crippen molar-refractivity contribution in [1.82, 2.24) is 10.6 Å². The molecule has 28 heavy (non-hydrogen) atoms. The molecule has 1 heterocycles. The third-order valence-corrected chi connectivity index (χ3v) is 5.28. The number of ether oxygens (including phenoxy) is 1. The van der Waals surface area contributed by atoms with E-state index >= 15 is 0 Å². The molecule has 0 saturated carbocycles. The SMILES string of the molecule is CC(C)NC(=O)NC(=O)[C@H](C)OC(=O)c1ccc2c(c1)CCCN2S(C)(=O)=O. The van der Waals surface area contributed by atoms with Crippen LogP contribution < -0.4 is 14.9 Å². The summed E-state index contributed by atoms with van der Waals surface area (Å²) in [5, 5.41) is 4.60. The Labute approximate surface area is 164 Å². The zero-order valence-electron chi connectivity index (χ0n) is 16.3. The molecule has 1 aromatic rings. The third kappa shape index (κ3) is 5.44. The van der Waals surface area contributed by atoms with Gasteiger partial charge in [-0.05, 0) is 57.4 Å². The molecule has 1 aliphatic rings. The largest absolute Gasteiger partial charge is 0.449 e. The average Bonchev–Trinajstić information content (AvgIpc) is 2.58. The van der Waals surface area contributed by atoms with E-state index in [1.54, 1.807) is 26.0 Å². The Balaban J connectivity index is 2.07. The number of anilines is 1. The standard InChI is InChI=1S/C18H25N3O6S/c1-11(2)19-18(24)20-16(22)12(3)27-17(23)14-7-8-15-13(10-14)6-5-9-21(15)28(4,25)26/h7-8,10-12H,5-6,9H2,1-4H3,(H2,19,20,22,24)/t12-/m0/s1. The van der Waals surface area contributed by atoms with E-state index in [1.165, 1.54) is 17.3 Å². The van der Waals surface area contributed by atoms with Crippen LogP contribution in [0.4, 0.5) is 10.5 Å². The number of amides is 3. The highest BCUT2D eigenvalue weighted by Gasteiger charge is 2.26. The van der Waals surface area contributed by atoms with E-state index in [1.807, 2.05) is 0 Å². The monoisotopic (exact) mass is 411 g/mol. The van der Waals surface area contributed by atoms with Gasteiger partial charge in [-0.1, -0.05) is 0 Å². The summed E-state index contributed by atoms with van der Waals surface area (Å²) in [5.41, 5.74) is 1.47. The van der Waals surface area contributed by atoms with Crippen molar-refractivity contribution in [3.05, 3.63) is 29.3 Å². The first-order valence-corrected chi connectivity index (χ1v) is 10.8. The van der Waals surface area contributed by atoms with Gasteiger partial charge in [0.2, 0.25) is 10.0 Å². The molecule has 0 fully saturated rings. The number of hydrogen-bond donors (Lipinski definition) is 2. The van der Waals surface area contributed by atoms with E-state index in [2.05, 4.69) is 10.6 Å². The summed E-state index contributed by atoms with van der Waals surface area (Å²) in [4.78, 5) is 35.9. The second-order valence-corrected chi connectivity index (χ2v) is 8.85. The summed E-state index contributed by atoms with van der Waals surface area (Å²) in [6.45, 7) is 5.24. The van der Waals surface area contributed by atoms with Gasteiger partial charge in [0.1, 0.15) is 0 Å². The first-order valence-electron chi connectivity index (χ1n) is 8.92. The summed E-state index contributed by atoms with van der Waals surface area (Å²) < 4.78 is 30.2. The fourth-order valence-electron chi connectivity index (χ4n) is 2.83. The zero-order chi connectivity index (χ0) is 21.1. The number of imide groups is 1. The lowest BCUT2D eigenvalue weighted by atomic mass is 10.0. The lowest BCUT2D eigenvalue weighted by molar-refractivity contribution is -0.127. The van der Waals surface area contributed by atoms with Gasteiger partial charge >= 0.3 is 12.0 Å². The van der Waals surface area contributed by atoms with E-state index in [0.29, 0.717) is 25.1 Å². The third-order valence-electron chi connectivity index (χ3n) is 4.10. The Hall–Kier alpha value is -2.62. The molecule has 0 aromatic heterocycles. The number of hydrogen-bond acceptors (Lipinski definition) is 6. The molecule has 1 aromatic carbocycles. The van der Waals surface area contributed by atoms with Crippen molar-refractivity contribution in [2.45, 2.75) is 45.8 Å². The molecule has 0 aliphatic carbocycles. The van der Waals surface area contributed by atoms with Gasteiger partial charge in [-0.25, -0.2) is 18.0 Å². The van der Waals surface area contributed by atoms with Crippen molar-refractivity contribution < 1.29 is 27.5 Å². The van der Waals surface area contributed by atoms with Gasteiger partial charge in [-0.2, -0.15) is 0 Å². The van der Waals surface area contributed by atoms with Crippen molar-refractivity contribution in [3.63, 3.8) is 0 Å². The van der Waals surface area contributed by atoms with Crippen molar-refractivity contribution in [2.75, 3.05) is 17.1 Å². The first-order chi connectivity index (χ1) is 13.0. The molecule has 154 valence electrons. The maximum atomic E-state index is 12.4. The summed E-state index contributed by atoms with van der Waals surface area (Å²) in [5.74, 6) is -1.47. The molecule has 3 amide bonds. The summed E-state index contributed by atoms with van der Waals surface area (Å²) in [7, 11) is -3.40. The highest BCUT2D eigenvalue weighted by atomic mass is 32.2. The molecule has 10 heteroatoms. The zero-order valence-corrected chi connectivity index (χ0v) is 17.1. The Morgan fingerprint density at radius 1 is 1.18 bits per heavy atom. The van der Waals surface area contributed by atoms with Crippen LogP contribution in [0, 0.1) is 0 Å². The molecule has 0 radical (unpaired) electrons. The molecule has 2 N–H and O–H groups in total. The van der Waals surface area contributed by atoms with Crippen LogP contribution in [0.3, 0.4) is 0 Å². The van der Waals surface area contributed by atoms with E-state index in [0.717, 1.165) is 11.8 Å².